The van der Waals surface area contributed by atoms with Gasteiger partial charge in [0.15, 0.2) is 6.61 Å². The monoisotopic (exact) mass is 626 g/mol. The summed E-state index contributed by atoms with van der Waals surface area (Å²) in [6.45, 7) is 3.21. The van der Waals surface area contributed by atoms with Gasteiger partial charge in [-0.25, -0.2) is 9.59 Å². The van der Waals surface area contributed by atoms with Gasteiger partial charge in [-0.2, -0.15) is 0 Å². The third kappa shape index (κ3) is 4.96. The molecule has 0 radical (unpaired) electrons. The lowest BCUT2D eigenvalue weighted by Crippen LogP contribution is -2.45. The Kier molecular flexibility index (Phi) is 8.18. The summed E-state index contributed by atoms with van der Waals surface area (Å²) in [5, 5.41) is 2.58. The molecule has 36 heavy (non-hydrogen) atoms. The van der Waals surface area contributed by atoms with Gasteiger partial charge in [0.1, 0.15) is 6.04 Å². The maximum atomic E-state index is 13.1. The van der Waals surface area contributed by atoms with Crippen molar-refractivity contribution in [1.82, 2.24) is 4.90 Å². The summed E-state index contributed by atoms with van der Waals surface area (Å²) in [5.41, 5.74) is 0.774. The molecule has 0 spiro atoms. The van der Waals surface area contributed by atoms with E-state index in [1.165, 1.54) is 19.1 Å². The highest BCUT2D eigenvalue weighted by Gasteiger charge is 2.67. The van der Waals surface area contributed by atoms with E-state index < -0.39 is 42.3 Å². The number of benzene rings is 1. The van der Waals surface area contributed by atoms with Crippen molar-refractivity contribution < 1.29 is 33.4 Å². The number of carbonyl (C=O) groups is 5. The molecule has 2 bridgehead atoms. The van der Waals surface area contributed by atoms with Crippen molar-refractivity contribution in [2.45, 2.75) is 48.8 Å². The molecule has 1 aliphatic heterocycles. The van der Waals surface area contributed by atoms with Gasteiger partial charge in [0.2, 0.25) is 11.8 Å². The topological polar surface area (TPSA) is 119 Å². The van der Waals surface area contributed by atoms with Crippen LogP contribution in [0.1, 0.15) is 43.5 Å². The second-order valence-corrected chi connectivity index (χ2v) is 11.6. The molecule has 9 nitrogen and oxygen atoms in total. The zero-order valence-corrected chi connectivity index (χ0v) is 23.1. The molecule has 2 saturated carbocycles. The van der Waals surface area contributed by atoms with E-state index in [1.807, 2.05) is 6.92 Å². The molecular weight excluding hydrogens is 600 g/mol. The first kappa shape index (κ1) is 26.8. The zero-order chi connectivity index (χ0) is 26.1. The lowest BCUT2D eigenvalue weighted by Gasteiger charge is -2.28. The molecule has 194 valence electrons. The van der Waals surface area contributed by atoms with Crippen molar-refractivity contribution in [3.63, 3.8) is 0 Å². The number of hydrogen-bond donors (Lipinski definition) is 1. The van der Waals surface area contributed by atoms with Crippen LogP contribution in [0.15, 0.2) is 24.3 Å². The maximum Gasteiger partial charge on any atom is 0.338 e. The van der Waals surface area contributed by atoms with E-state index in [4.69, 9.17) is 9.47 Å². The fourth-order valence-corrected chi connectivity index (χ4v) is 7.27. The quantitative estimate of drug-likeness (QED) is 0.193. The Morgan fingerprint density at radius 1 is 1.03 bits per heavy atom. The molecule has 4 rings (SSSR count). The van der Waals surface area contributed by atoms with E-state index in [-0.39, 0.29) is 33.3 Å². The Morgan fingerprint density at radius 2 is 1.61 bits per heavy atom. The van der Waals surface area contributed by atoms with E-state index in [0.29, 0.717) is 17.9 Å². The van der Waals surface area contributed by atoms with Crippen LogP contribution in [-0.2, 0) is 28.7 Å². The maximum absolute atomic E-state index is 13.1. The number of rotatable bonds is 9. The molecule has 2 aliphatic carbocycles. The zero-order valence-electron chi connectivity index (χ0n) is 19.9. The largest absolute Gasteiger partial charge is 0.462 e. The number of unbranched alkanes of at least 4 members (excludes halogenated alkanes) is 1. The first-order chi connectivity index (χ1) is 17.1. The van der Waals surface area contributed by atoms with Gasteiger partial charge in [-0.1, -0.05) is 45.2 Å². The molecule has 11 heteroatoms. The molecule has 1 saturated heterocycles. The summed E-state index contributed by atoms with van der Waals surface area (Å²) < 4.78 is 10.3. The van der Waals surface area contributed by atoms with Gasteiger partial charge in [0.05, 0.1) is 24.0 Å². The second-order valence-electron chi connectivity index (χ2n) is 9.45. The number of nitrogens with zero attached hydrogens (tertiary/aromatic N) is 1. The average molecular weight is 628 g/mol. The third-order valence-electron chi connectivity index (χ3n) is 7.23. The molecule has 1 aromatic carbocycles. The van der Waals surface area contributed by atoms with Gasteiger partial charge in [0.25, 0.3) is 5.91 Å². The van der Waals surface area contributed by atoms with E-state index in [2.05, 4.69) is 37.2 Å². The molecule has 1 aromatic rings. The Morgan fingerprint density at radius 3 is 2.17 bits per heavy atom. The summed E-state index contributed by atoms with van der Waals surface area (Å²) in [6, 6.07) is 5.02. The molecule has 0 aromatic heterocycles. The summed E-state index contributed by atoms with van der Waals surface area (Å²) in [6.07, 6.45) is 2.50. The Hall–Kier alpha value is -2.27. The summed E-state index contributed by atoms with van der Waals surface area (Å²) in [4.78, 5) is 64.2. The number of hydrogen-bond acceptors (Lipinski definition) is 7. The van der Waals surface area contributed by atoms with Crippen molar-refractivity contribution in [1.29, 1.82) is 0 Å². The number of carbonyl (C=O) groups excluding carboxylic acids is 5. The van der Waals surface area contributed by atoms with Crippen LogP contribution in [0.4, 0.5) is 5.69 Å². The lowest BCUT2D eigenvalue weighted by atomic mass is 9.81. The average Bonchev–Trinajstić information content (AvgIpc) is 3.47. The van der Waals surface area contributed by atoms with Crippen LogP contribution in [0.25, 0.3) is 0 Å². The smallest absolute Gasteiger partial charge is 0.338 e. The number of nitrogens with one attached hydrogen (secondary N) is 1. The highest BCUT2D eigenvalue weighted by atomic mass is 79.9. The number of ether oxygens (including phenoxy) is 2. The van der Waals surface area contributed by atoms with Crippen LogP contribution in [0, 0.1) is 23.7 Å². The van der Waals surface area contributed by atoms with Crippen LogP contribution in [0.2, 0.25) is 0 Å². The number of likely N-dealkylation sites (tertiary alicyclic amines) is 1. The SMILES string of the molecule is CCCCOC(=O)c1ccc(NC(=O)COC(=O)[C@H](C)N2C(=O)[C@@H]3[C@H]4C[C@@H]([C@@H](Br)[C@H]4Br)[C@H]3C2=O)cc1. The minimum atomic E-state index is -1.12. The Balaban J connectivity index is 1.28. The summed E-state index contributed by atoms with van der Waals surface area (Å²) >= 11 is 7.27. The van der Waals surface area contributed by atoms with Gasteiger partial charge >= 0.3 is 11.9 Å². The lowest BCUT2D eigenvalue weighted by molar-refractivity contribution is -0.159. The van der Waals surface area contributed by atoms with Crippen LogP contribution in [0.5, 0.6) is 0 Å². The van der Waals surface area contributed by atoms with Gasteiger partial charge in [-0.15, -0.1) is 0 Å². The fourth-order valence-electron chi connectivity index (χ4n) is 5.40. The Labute approximate surface area is 225 Å². The van der Waals surface area contributed by atoms with E-state index in [1.54, 1.807) is 12.1 Å². The van der Waals surface area contributed by atoms with Crippen molar-refractivity contribution >= 4 is 67.2 Å². The fraction of sp³-hybridized carbons (Fsp3) is 0.560. The van der Waals surface area contributed by atoms with Crippen LogP contribution >= 0.6 is 31.9 Å². The molecule has 1 heterocycles. The van der Waals surface area contributed by atoms with E-state index in [9.17, 15) is 24.0 Å². The molecule has 3 amide bonds. The van der Waals surface area contributed by atoms with Crippen LogP contribution < -0.4 is 5.32 Å². The first-order valence-electron chi connectivity index (χ1n) is 12.0. The highest BCUT2D eigenvalue weighted by Crippen LogP contribution is 2.60. The second kappa shape index (κ2) is 11.0. The minimum Gasteiger partial charge on any atom is -0.462 e. The number of esters is 2. The first-order valence-corrected chi connectivity index (χ1v) is 13.9. The minimum absolute atomic E-state index is 0.0457. The predicted octanol–water partition coefficient (Wildman–Crippen LogP) is 3.29. The van der Waals surface area contributed by atoms with Crippen LogP contribution in [0.3, 0.4) is 0 Å². The molecule has 3 fully saturated rings. The van der Waals surface area contributed by atoms with Crippen molar-refractivity contribution in [2.24, 2.45) is 23.7 Å². The van der Waals surface area contributed by atoms with E-state index in [0.717, 1.165) is 24.2 Å². The van der Waals surface area contributed by atoms with Crippen molar-refractivity contribution in [2.75, 3.05) is 18.5 Å². The van der Waals surface area contributed by atoms with Crippen LogP contribution in [-0.4, -0.2) is 63.5 Å². The number of amides is 3. The summed E-state index contributed by atoms with van der Waals surface area (Å²) in [7, 11) is 0. The number of halogens is 2. The number of imide groups is 1. The van der Waals surface area contributed by atoms with Gasteiger partial charge < -0.3 is 14.8 Å². The predicted molar refractivity (Wildman–Crippen MR) is 137 cm³/mol. The molecular formula is C25H28Br2N2O7. The molecule has 7 atom stereocenters. The van der Waals surface area contributed by atoms with Crippen molar-refractivity contribution in [3.8, 4) is 0 Å². The van der Waals surface area contributed by atoms with Crippen molar-refractivity contribution in [3.05, 3.63) is 29.8 Å². The third-order valence-corrected chi connectivity index (χ3v) is 10.4. The molecule has 0 unspecified atom stereocenters. The Bertz CT molecular complexity index is 1030. The van der Waals surface area contributed by atoms with E-state index >= 15 is 0 Å². The normalized spacial score (nSPS) is 29.2. The number of fused-ring (bicyclic) bond motifs is 5. The van der Waals surface area contributed by atoms with Gasteiger partial charge in [-0.3, -0.25) is 19.3 Å². The molecule has 1 N–H and O–H groups in total. The number of anilines is 1. The highest BCUT2D eigenvalue weighted by molar-refractivity contribution is 9.12. The standard InChI is InChI=1S/C25H28Br2N2O7/c1-3-4-9-35-25(34)13-5-7-14(8-6-13)28-17(30)11-36-24(33)12(2)29-22(31)18-15-10-16(19(18)23(29)32)21(27)20(15)26/h5-8,12,15-16,18-21H,3-4,9-11H2,1-2H3,(H,28,30)/t12-,15+,16+,18+,19+,20-,21+/m0/s1. The van der Waals surface area contributed by atoms with Gasteiger partial charge in [-0.05, 0) is 55.9 Å². The summed E-state index contributed by atoms with van der Waals surface area (Å²) in [5.74, 6) is -3.30. The molecule has 3 aliphatic rings. The number of alkyl halides is 2. The van der Waals surface area contributed by atoms with Gasteiger partial charge in [0, 0.05) is 15.3 Å².